The summed E-state index contributed by atoms with van der Waals surface area (Å²) in [6.07, 6.45) is -0.339. The number of hydrogen-bond donors (Lipinski definition) is 0. The van der Waals surface area contributed by atoms with Crippen molar-refractivity contribution in [2.24, 2.45) is 0 Å². The fraction of sp³-hybridized carbons (Fsp3) is 0.556. The first-order valence-electron chi connectivity index (χ1n) is 12.4. The highest BCUT2D eigenvalue weighted by Gasteiger charge is 2.52. The maximum atomic E-state index is 13.6. The van der Waals surface area contributed by atoms with Crippen molar-refractivity contribution in [3.8, 4) is 0 Å². The van der Waals surface area contributed by atoms with E-state index in [0.717, 1.165) is 16.2 Å². The maximum Gasteiger partial charge on any atom is 0.495 e. The number of fused-ring (bicyclic) bond motifs is 1. The second-order valence-corrected chi connectivity index (χ2v) is 11.6. The van der Waals surface area contributed by atoms with Crippen molar-refractivity contribution in [2.75, 3.05) is 19.6 Å². The third kappa shape index (κ3) is 4.91. The zero-order valence-electron chi connectivity index (χ0n) is 22.2. The molecule has 2 saturated heterocycles. The second kappa shape index (κ2) is 8.82. The van der Waals surface area contributed by atoms with E-state index in [0.29, 0.717) is 25.2 Å². The Morgan fingerprint density at radius 1 is 0.971 bits per heavy atom. The van der Waals surface area contributed by atoms with Gasteiger partial charge in [0.2, 0.25) is 0 Å². The number of piperazine rings is 1. The summed E-state index contributed by atoms with van der Waals surface area (Å²) in [5.74, 6) is -0.0441. The molecule has 2 fully saturated rings. The predicted octanol–water partition coefficient (Wildman–Crippen LogP) is 4.22. The van der Waals surface area contributed by atoms with Gasteiger partial charge in [-0.1, -0.05) is 30.3 Å². The first kappa shape index (κ1) is 25.5. The Morgan fingerprint density at radius 3 is 2.17 bits per heavy atom. The molecule has 2 aromatic rings. The highest BCUT2D eigenvalue weighted by molar-refractivity contribution is 6.65. The highest BCUT2D eigenvalue weighted by atomic mass is 16.7. The van der Waals surface area contributed by atoms with Gasteiger partial charge in [-0.3, -0.25) is 4.79 Å². The number of ether oxygens (including phenoxy) is 1. The summed E-state index contributed by atoms with van der Waals surface area (Å²) < 4.78 is 18.1. The lowest BCUT2D eigenvalue weighted by Gasteiger charge is -2.40. The molecular formula is C27H37BN2O5. The first-order valence-corrected chi connectivity index (χ1v) is 12.4. The summed E-state index contributed by atoms with van der Waals surface area (Å²) in [6, 6.07) is 11.6. The molecule has 0 aliphatic carbocycles. The van der Waals surface area contributed by atoms with Gasteiger partial charge in [0.15, 0.2) is 0 Å². The van der Waals surface area contributed by atoms with E-state index in [4.69, 9.17) is 14.0 Å². The van der Waals surface area contributed by atoms with Gasteiger partial charge >= 0.3 is 13.2 Å². The van der Waals surface area contributed by atoms with Gasteiger partial charge in [0, 0.05) is 31.2 Å². The van der Waals surface area contributed by atoms with Crippen LogP contribution >= 0.6 is 0 Å². The molecule has 7 nitrogen and oxygen atoms in total. The molecule has 2 heterocycles. The number of benzene rings is 2. The van der Waals surface area contributed by atoms with Crippen LogP contribution in [0.25, 0.3) is 10.8 Å². The third-order valence-corrected chi connectivity index (χ3v) is 7.24. The van der Waals surface area contributed by atoms with Crippen LogP contribution in [-0.2, 0) is 14.0 Å². The van der Waals surface area contributed by atoms with Crippen LogP contribution in [0, 0.1) is 0 Å². The van der Waals surface area contributed by atoms with Crippen LogP contribution in [-0.4, -0.2) is 71.4 Å². The zero-order valence-corrected chi connectivity index (χ0v) is 22.2. The average molecular weight is 480 g/mol. The molecular weight excluding hydrogens is 443 g/mol. The summed E-state index contributed by atoms with van der Waals surface area (Å²) in [5, 5.41) is 1.81. The topological polar surface area (TPSA) is 68.3 Å². The van der Waals surface area contributed by atoms with E-state index in [1.54, 1.807) is 4.90 Å². The molecule has 8 heteroatoms. The van der Waals surface area contributed by atoms with Crippen molar-refractivity contribution in [1.82, 2.24) is 9.80 Å². The minimum Gasteiger partial charge on any atom is -0.444 e. The van der Waals surface area contributed by atoms with Gasteiger partial charge in [-0.05, 0) is 77.7 Å². The summed E-state index contributed by atoms with van der Waals surface area (Å²) in [5.41, 5.74) is 0.105. The van der Waals surface area contributed by atoms with E-state index in [1.165, 1.54) is 0 Å². The smallest absolute Gasteiger partial charge is 0.444 e. The Balaban J connectivity index is 1.57. The predicted molar refractivity (Wildman–Crippen MR) is 138 cm³/mol. The maximum absolute atomic E-state index is 13.6. The van der Waals surface area contributed by atoms with Crippen LogP contribution in [0.5, 0.6) is 0 Å². The van der Waals surface area contributed by atoms with Gasteiger partial charge in [-0.2, -0.15) is 0 Å². The number of nitrogens with zero attached hydrogens (tertiary/aromatic N) is 2. The van der Waals surface area contributed by atoms with Crippen molar-refractivity contribution in [3.05, 3.63) is 42.0 Å². The molecule has 4 rings (SSSR count). The Labute approximate surface area is 208 Å². The van der Waals surface area contributed by atoms with Gasteiger partial charge < -0.3 is 23.8 Å². The number of hydrogen-bond acceptors (Lipinski definition) is 5. The van der Waals surface area contributed by atoms with Crippen molar-refractivity contribution in [1.29, 1.82) is 0 Å². The molecule has 35 heavy (non-hydrogen) atoms. The number of rotatable bonds is 2. The number of amides is 2. The summed E-state index contributed by atoms with van der Waals surface area (Å²) in [7, 11) is -0.508. The van der Waals surface area contributed by atoms with Crippen LogP contribution < -0.4 is 5.46 Å². The van der Waals surface area contributed by atoms with Crippen molar-refractivity contribution >= 4 is 35.4 Å². The summed E-state index contributed by atoms with van der Waals surface area (Å²) in [6.45, 7) is 17.0. The second-order valence-electron chi connectivity index (χ2n) is 11.6. The van der Waals surface area contributed by atoms with Crippen LogP contribution in [0.4, 0.5) is 4.79 Å². The molecule has 1 atom stereocenters. The molecule has 0 bridgehead atoms. The summed E-state index contributed by atoms with van der Waals surface area (Å²) >= 11 is 0. The molecule has 0 spiro atoms. The molecule has 2 aromatic carbocycles. The molecule has 0 saturated carbocycles. The fourth-order valence-electron chi connectivity index (χ4n) is 4.60. The SMILES string of the molecule is C[C@H]1CN(C(=O)c2cccc3c(B4OC(C)(C)C(C)(C)O4)cccc23)CCN1C(=O)OC(C)(C)C. The van der Waals surface area contributed by atoms with E-state index in [-0.39, 0.29) is 18.0 Å². The van der Waals surface area contributed by atoms with Crippen LogP contribution in [0.2, 0.25) is 0 Å². The number of carbonyl (C=O) groups excluding carboxylic acids is 2. The fourth-order valence-corrected chi connectivity index (χ4v) is 4.60. The Hall–Kier alpha value is -2.58. The standard InChI is InChI=1S/C27H37BN2O5/c1-18-17-29(15-16-30(18)24(32)33-25(2,3)4)23(31)21-13-9-12-20-19(21)11-10-14-22(20)28-34-26(5,6)27(7,8)35-28/h9-14,18H,15-17H2,1-8H3/t18-/m0/s1. The Bertz CT molecular complexity index is 1120. The van der Waals surface area contributed by atoms with Crippen molar-refractivity contribution in [3.63, 3.8) is 0 Å². The molecule has 188 valence electrons. The molecule has 0 radical (unpaired) electrons. The van der Waals surface area contributed by atoms with Crippen molar-refractivity contribution < 1.29 is 23.6 Å². The molecule has 0 N–H and O–H groups in total. The lowest BCUT2D eigenvalue weighted by molar-refractivity contribution is 0.00201. The van der Waals surface area contributed by atoms with E-state index in [9.17, 15) is 9.59 Å². The van der Waals surface area contributed by atoms with E-state index >= 15 is 0 Å². The minimum atomic E-state index is -0.554. The molecule has 2 aliphatic rings. The van der Waals surface area contributed by atoms with Crippen LogP contribution in [0.1, 0.15) is 65.7 Å². The van der Waals surface area contributed by atoms with Crippen LogP contribution in [0.15, 0.2) is 36.4 Å². The van der Waals surface area contributed by atoms with Gasteiger partial charge in [0.1, 0.15) is 5.60 Å². The summed E-state index contributed by atoms with van der Waals surface area (Å²) in [4.78, 5) is 29.7. The quantitative estimate of drug-likeness (QED) is 0.603. The Morgan fingerprint density at radius 2 is 1.57 bits per heavy atom. The van der Waals surface area contributed by atoms with Crippen LogP contribution in [0.3, 0.4) is 0 Å². The van der Waals surface area contributed by atoms with Crippen molar-refractivity contribution in [2.45, 2.75) is 78.2 Å². The molecule has 2 aliphatic heterocycles. The normalized spacial score (nSPS) is 21.9. The lowest BCUT2D eigenvalue weighted by atomic mass is 9.75. The lowest BCUT2D eigenvalue weighted by Crippen LogP contribution is -2.56. The van der Waals surface area contributed by atoms with Gasteiger partial charge in [0.25, 0.3) is 5.91 Å². The third-order valence-electron chi connectivity index (χ3n) is 7.24. The van der Waals surface area contributed by atoms with E-state index in [1.807, 2.05) is 96.7 Å². The number of carbonyl (C=O) groups is 2. The van der Waals surface area contributed by atoms with Gasteiger partial charge in [-0.25, -0.2) is 4.79 Å². The van der Waals surface area contributed by atoms with E-state index < -0.39 is 23.9 Å². The molecule has 0 unspecified atom stereocenters. The Kier molecular flexibility index (Phi) is 6.43. The minimum absolute atomic E-state index is 0.0441. The first-order chi connectivity index (χ1) is 16.2. The molecule has 0 aromatic heterocycles. The largest absolute Gasteiger partial charge is 0.495 e. The monoisotopic (exact) mass is 480 g/mol. The average Bonchev–Trinajstić information content (AvgIpc) is 2.97. The van der Waals surface area contributed by atoms with Gasteiger partial charge in [0.05, 0.1) is 11.2 Å². The van der Waals surface area contributed by atoms with Gasteiger partial charge in [-0.15, -0.1) is 0 Å². The zero-order chi connectivity index (χ0) is 25.8. The molecule has 2 amide bonds. The van der Waals surface area contributed by atoms with E-state index in [2.05, 4.69) is 0 Å². The highest BCUT2D eigenvalue weighted by Crippen LogP contribution is 2.37.